The monoisotopic (exact) mass is 752 g/mol. The number of carboxylic acid groups (broad SMARTS) is 3. The number of nitrogens with zero attached hydrogens (tertiary/aromatic N) is 5. The number of carbonyl (C=O) groups excluding carboxylic acids is 3. The van der Waals surface area contributed by atoms with E-state index in [2.05, 4.69) is 25.6 Å². The molecule has 1 heterocycles. The van der Waals surface area contributed by atoms with Gasteiger partial charge in [0.1, 0.15) is 19.3 Å². The number of amides is 3. The van der Waals surface area contributed by atoms with E-state index in [1.165, 1.54) is 0 Å². The van der Waals surface area contributed by atoms with E-state index in [-0.39, 0.29) is 118 Å². The van der Waals surface area contributed by atoms with Gasteiger partial charge in [0.25, 0.3) is 0 Å². The van der Waals surface area contributed by atoms with Gasteiger partial charge in [-0.15, -0.1) is 0 Å². The van der Waals surface area contributed by atoms with E-state index >= 15 is 0 Å². The van der Waals surface area contributed by atoms with Crippen LogP contribution >= 0.6 is 0 Å². The topological polar surface area (TPSA) is 326 Å². The molecule has 1 fully saturated rings. The van der Waals surface area contributed by atoms with Crippen LogP contribution in [0.25, 0.3) is 0 Å². The van der Waals surface area contributed by atoms with Gasteiger partial charge < -0.3 is 41.5 Å². The zero-order valence-electron chi connectivity index (χ0n) is 29.4. The zero-order valence-corrected chi connectivity index (χ0v) is 29.4. The highest BCUT2D eigenvalue weighted by molar-refractivity contribution is 5.78. The first-order valence-electron chi connectivity index (χ1n) is 16.8. The normalized spacial score (nSPS) is 16.5. The molecule has 1 unspecified atom stereocenters. The predicted octanol–water partition coefficient (Wildman–Crippen LogP) is -6.65. The molecule has 1 atom stereocenters. The third-order valence-electron chi connectivity index (χ3n) is 8.06. The Labute approximate surface area is 301 Å². The van der Waals surface area contributed by atoms with Crippen LogP contribution in [0.3, 0.4) is 0 Å². The molecule has 0 saturated carbocycles. The maximum atomic E-state index is 12.9. The first kappa shape index (κ1) is 46.4. The molecule has 23 heteroatoms. The van der Waals surface area contributed by atoms with Crippen molar-refractivity contribution in [2.24, 2.45) is 11.8 Å². The lowest BCUT2D eigenvalue weighted by atomic mass is 10.1. The molecular weight excluding hydrogens is 696 g/mol. The number of aliphatic hydroxyl groups excluding tert-OH is 1. The summed E-state index contributed by atoms with van der Waals surface area (Å²) in [5.41, 5.74) is 0. The molecule has 0 spiro atoms. The Morgan fingerprint density at radius 3 is 1.44 bits per heavy atom. The lowest BCUT2D eigenvalue weighted by molar-refractivity contribution is -0.145. The molecule has 300 valence electrons. The molecule has 1 aliphatic rings. The first-order valence-corrected chi connectivity index (χ1v) is 16.8. The maximum Gasteiger partial charge on any atom is 0.320 e. The summed E-state index contributed by atoms with van der Waals surface area (Å²) in [5, 5.41) is 56.3. The molecule has 0 aromatic heterocycles. The average molecular weight is 753 g/mol. The molecule has 0 aliphatic carbocycles. The fourth-order valence-electron chi connectivity index (χ4n) is 5.44. The van der Waals surface area contributed by atoms with Crippen molar-refractivity contribution in [3.8, 4) is 0 Å². The van der Waals surface area contributed by atoms with Gasteiger partial charge in [-0.2, -0.15) is 0 Å². The van der Waals surface area contributed by atoms with Crippen LogP contribution < -0.4 is 27.7 Å². The molecule has 1 saturated heterocycles. The van der Waals surface area contributed by atoms with Gasteiger partial charge >= 0.3 is 17.9 Å². The highest BCUT2D eigenvalue weighted by Gasteiger charge is 2.28. The number of aliphatic carboxylic acids is 3. The highest BCUT2D eigenvalue weighted by Crippen LogP contribution is 2.11. The fourth-order valence-corrected chi connectivity index (χ4v) is 5.44. The third-order valence-corrected chi connectivity index (χ3v) is 8.06. The van der Waals surface area contributed by atoms with Crippen molar-refractivity contribution in [2.45, 2.75) is 25.2 Å². The summed E-state index contributed by atoms with van der Waals surface area (Å²) in [6.07, 6.45) is -1.92. The van der Waals surface area contributed by atoms with Crippen LogP contribution in [0.5, 0.6) is 0 Å². The van der Waals surface area contributed by atoms with Crippen LogP contribution in [-0.4, -0.2) is 222 Å². The van der Waals surface area contributed by atoms with E-state index < -0.39 is 48.0 Å². The lowest BCUT2D eigenvalue weighted by Gasteiger charge is -2.35. The SMILES string of the molecule is NOCC(=O)NCCN(CCNC(=O)CCC(C(=O)O)N1CCN(CC(=O)O)CCN(CC(=O)O)CCN(CC(O)O)CC1)CCNC(=O)CON. The van der Waals surface area contributed by atoms with Crippen LogP contribution in [0.4, 0.5) is 0 Å². The van der Waals surface area contributed by atoms with Crippen molar-refractivity contribution in [3.05, 3.63) is 0 Å². The van der Waals surface area contributed by atoms with Crippen molar-refractivity contribution in [3.63, 3.8) is 0 Å². The second-order valence-corrected chi connectivity index (χ2v) is 12.1. The third kappa shape index (κ3) is 22.3. The van der Waals surface area contributed by atoms with E-state index in [0.29, 0.717) is 19.6 Å². The lowest BCUT2D eigenvalue weighted by Crippen LogP contribution is -2.52. The van der Waals surface area contributed by atoms with Crippen LogP contribution in [0.1, 0.15) is 12.8 Å². The Kier molecular flexibility index (Phi) is 24.1. The van der Waals surface area contributed by atoms with Crippen molar-refractivity contribution in [1.29, 1.82) is 0 Å². The first-order chi connectivity index (χ1) is 24.7. The molecule has 0 radical (unpaired) electrons. The van der Waals surface area contributed by atoms with E-state index in [1.807, 2.05) is 4.90 Å². The summed E-state index contributed by atoms with van der Waals surface area (Å²) in [5.74, 6) is 5.18. The van der Waals surface area contributed by atoms with Gasteiger partial charge in [-0.05, 0) is 6.42 Å². The molecule has 3 amide bonds. The van der Waals surface area contributed by atoms with Crippen LogP contribution in [-0.2, 0) is 38.4 Å². The molecule has 0 bridgehead atoms. The van der Waals surface area contributed by atoms with E-state index in [0.717, 1.165) is 0 Å². The Morgan fingerprint density at radius 2 is 1.04 bits per heavy atom. The summed E-state index contributed by atoms with van der Waals surface area (Å²) >= 11 is 0. The average Bonchev–Trinajstić information content (AvgIpc) is 3.04. The molecule has 23 nitrogen and oxygen atoms in total. The van der Waals surface area contributed by atoms with Gasteiger partial charge in [-0.1, -0.05) is 0 Å². The summed E-state index contributed by atoms with van der Waals surface area (Å²) in [7, 11) is 0. The number of hydrogen-bond acceptors (Lipinski definition) is 17. The number of β-amino-alcohol motifs (C(OH)–C–C–N with tert-alkyl or cyclic N) is 2. The Bertz CT molecular complexity index is 1080. The summed E-state index contributed by atoms with van der Waals surface area (Å²) in [4.78, 5) is 88.6. The second kappa shape index (κ2) is 27.1. The summed E-state index contributed by atoms with van der Waals surface area (Å²) in [6, 6.07) is -1.14. The van der Waals surface area contributed by atoms with Gasteiger partial charge in [-0.25, -0.2) is 11.8 Å². The van der Waals surface area contributed by atoms with Gasteiger partial charge in [0.05, 0.1) is 13.1 Å². The Hall–Kier alpha value is -3.62. The van der Waals surface area contributed by atoms with Crippen molar-refractivity contribution in [1.82, 2.24) is 40.4 Å². The van der Waals surface area contributed by atoms with Gasteiger partial charge in [0, 0.05) is 105 Å². The number of nitrogens with one attached hydrogen (secondary N) is 3. The molecule has 1 aliphatic heterocycles. The number of hydrogen-bond donors (Lipinski definition) is 10. The van der Waals surface area contributed by atoms with Crippen LogP contribution in [0.2, 0.25) is 0 Å². The van der Waals surface area contributed by atoms with E-state index in [9.17, 15) is 54.3 Å². The van der Waals surface area contributed by atoms with Crippen molar-refractivity contribution < 1.29 is 64.0 Å². The fraction of sp³-hybridized carbons (Fsp3) is 0.793. The molecule has 1 rings (SSSR count). The minimum atomic E-state index is -1.69. The Morgan fingerprint density at radius 1 is 0.635 bits per heavy atom. The largest absolute Gasteiger partial charge is 0.480 e. The minimum Gasteiger partial charge on any atom is -0.480 e. The molecular formula is C29H56N10O13. The van der Waals surface area contributed by atoms with E-state index in [4.69, 9.17) is 11.8 Å². The van der Waals surface area contributed by atoms with Crippen LogP contribution in [0, 0.1) is 0 Å². The standard InChI is InChI=1S/C29H56N10O13/c30-51-20-24(41)33-4-7-35(8-5-34-25(42)21-52-31)6-3-32-23(40)2-1-22(29(49)50)39-15-13-37(18-27(45)46)11-9-36(17-26(43)44)10-12-38(14-16-39)19-28(47)48/h22,27,45-46H,1-21,30-31H2,(H,32,40)(H,33,41)(H,34,42)(H,43,44)(H,47,48)(H,49,50). The summed E-state index contributed by atoms with van der Waals surface area (Å²) < 4.78 is 0. The number of carboxylic acids is 3. The van der Waals surface area contributed by atoms with Gasteiger partial charge in [0.2, 0.25) is 17.7 Å². The Balaban J connectivity index is 2.92. The zero-order chi connectivity index (χ0) is 38.9. The number of rotatable bonds is 24. The number of aliphatic hydroxyl groups is 2. The molecule has 0 aromatic carbocycles. The number of carbonyl (C=O) groups is 6. The van der Waals surface area contributed by atoms with Crippen molar-refractivity contribution in [2.75, 3.05) is 124 Å². The van der Waals surface area contributed by atoms with Crippen LogP contribution in [0.15, 0.2) is 0 Å². The molecule has 52 heavy (non-hydrogen) atoms. The van der Waals surface area contributed by atoms with Gasteiger partial charge in [-0.3, -0.25) is 62.9 Å². The van der Waals surface area contributed by atoms with Gasteiger partial charge in [0.15, 0.2) is 6.29 Å². The second-order valence-electron chi connectivity index (χ2n) is 12.1. The summed E-state index contributed by atoms with van der Waals surface area (Å²) in [6.45, 7) is 1.63. The minimum absolute atomic E-state index is 0.0800. The number of nitrogens with two attached hydrogens (primary N) is 2. The highest BCUT2D eigenvalue weighted by atomic mass is 16.6. The molecule has 12 N–H and O–H groups in total. The predicted molar refractivity (Wildman–Crippen MR) is 181 cm³/mol. The van der Waals surface area contributed by atoms with E-state index in [1.54, 1.807) is 19.6 Å². The van der Waals surface area contributed by atoms with Crippen molar-refractivity contribution >= 4 is 35.6 Å². The quantitative estimate of drug-likeness (QED) is 0.0324. The smallest absolute Gasteiger partial charge is 0.320 e. The molecule has 0 aromatic rings. The maximum absolute atomic E-state index is 12.9.